The molecule has 0 aromatic heterocycles. The molecule has 81 valence electrons. The molecule has 14 heavy (non-hydrogen) atoms. The van der Waals surface area contributed by atoms with Crippen LogP contribution in [0, 0.1) is 7.05 Å². The SMILES string of the molecule is [CH2]NC(=O)CCCCN1CCCCC1. The first-order valence-corrected chi connectivity index (χ1v) is 5.61. The summed E-state index contributed by atoms with van der Waals surface area (Å²) < 4.78 is 0. The minimum absolute atomic E-state index is 0.0589. The minimum Gasteiger partial charge on any atom is -0.354 e. The Hall–Kier alpha value is -0.570. The summed E-state index contributed by atoms with van der Waals surface area (Å²) in [6.45, 7) is 3.66. The third kappa shape index (κ3) is 4.61. The molecule has 1 rings (SSSR count). The Kier molecular flexibility index (Phi) is 5.60. The van der Waals surface area contributed by atoms with Crippen LogP contribution in [0.2, 0.25) is 0 Å². The first-order chi connectivity index (χ1) is 6.83. The smallest absolute Gasteiger partial charge is 0.220 e. The molecule has 1 fully saturated rings. The largest absolute Gasteiger partial charge is 0.354 e. The molecule has 0 atom stereocenters. The number of carbonyl (C=O) groups excluding carboxylic acids is 1. The summed E-state index contributed by atoms with van der Waals surface area (Å²) >= 11 is 0. The van der Waals surface area contributed by atoms with Crippen LogP contribution in [0.3, 0.4) is 0 Å². The van der Waals surface area contributed by atoms with Gasteiger partial charge in [0.1, 0.15) is 0 Å². The average Bonchev–Trinajstić information content (AvgIpc) is 2.25. The highest BCUT2D eigenvalue weighted by Gasteiger charge is 2.09. The Labute approximate surface area is 86.9 Å². The van der Waals surface area contributed by atoms with E-state index in [1.54, 1.807) is 0 Å². The fraction of sp³-hybridized carbons (Fsp3) is 0.818. The Morgan fingerprint density at radius 1 is 1.21 bits per heavy atom. The van der Waals surface area contributed by atoms with Crippen molar-refractivity contribution in [2.75, 3.05) is 19.6 Å². The van der Waals surface area contributed by atoms with Gasteiger partial charge < -0.3 is 10.2 Å². The molecule has 0 unspecified atom stereocenters. The number of hydrogen-bond donors (Lipinski definition) is 1. The van der Waals surface area contributed by atoms with Crippen LogP contribution >= 0.6 is 0 Å². The Morgan fingerprint density at radius 3 is 2.57 bits per heavy atom. The minimum atomic E-state index is 0.0589. The maximum atomic E-state index is 10.9. The molecular weight excluding hydrogens is 176 g/mol. The zero-order valence-electron chi connectivity index (χ0n) is 8.93. The number of amides is 1. The number of hydrogen-bond acceptors (Lipinski definition) is 2. The third-order valence-corrected chi connectivity index (χ3v) is 2.77. The number of carbonyl (C=O) groups is 1. The zero-order chi connectivity index (χ0) is 10.2. The fourth-order valence-electron chi connectivity index (χ4n) is 1.89. The monoisotopic (exact) mass is 197 g/mol. The highest BCUT2D eigenvalue weighted by molar-refractivity contribution is 5.75. The maximum Gasteiger partial charge on any atom is 0.220 e. The lowest BCUT2D eigenvalue weighted by Gasteiger charge is -2.26. The number of unbranched alkanes of at least 4 members (excludes halogenated alkanes) is 1. The second-order valence-electron chi connectivity index (χ2n) is 3.96. The molecule has 1 amide bonds. The van der Waals surface area contributed by atoms with Crippen LogP contribution in [0.4, 0.5) is 0 Å². The summed E-state index contributed by atoms with van der Waals surface area (Å²) in [6, 6.07) is 0. The van der Waals surface area contributed by atoms with E-state index in [-0.39, 0.29) is 5.91 Å². The van der Waals surface area contributed by atoms with E-state index in [0.29, 0.717) is 6.42 Å². The highest BCUT2D eigenvalue weighted by atomic mass is 16.1. The van der Waals surface area contributed by atoms with Crippen LogP contribution in [0.25, 0.3) is 0 Å². The number of nitrogens with zero attached hydrogens (tertiary/aromatic N) is 1. The summed E-state index contributed by atoms with van der Waals surface area (Å²) in [6.07, 6.45) is 6.82. The van der Waals surface area contributed by atoms with Crippen LogP contribution in [0.5, 0.6) is 0 Å². The molecule has 0 aromatic rings. The van der Waals surface area contributed by atoms with Crippen molar-refractivity contribution < 1.29 is 4.79 Å². The summed E-state index contributed by atoms with van der Waals surface area (Å²) in [7, 11) is 3.34. The second-order valence-corrected chi connectivity index (χ2v) is 3.96. The summed E-state index contributed by atoms with van der Waals surface area (Å²) in [5.41, 5.74) is 0. The Balaban J connectivity index is 1.94. The van der Waals surface area contributed by atoms with Gasteiger partial charge >= 0.3 is 0 Å². The van der Waals surface area contributed by atoms with E-state index in [9.17, 15) is 4.79 Å². The predicted octanol–water partition coefficient (Wildman–Crippen LogP) is 1.55. The van der Waals surface area contributed by atoms with Gasteiger partial charge in [-0.05, 0) is 45.3 Å². The first-order valence-electron chi connectivity index (χ1n) is 5.61. The van der Waals surface area contributed by atoms with Crippen LogP contribution in [-0.4, -0.2) is 30.4 Å². The molecule has 0 bridgehead atoms. The van der Waals surface area contributed by atoms with E-state index in [1.807, 2.05) is 0 Å². The van der Waals surface area contributed by atoms with Crippen LogP contribution < -0.4 is 5.32 Å². The quantitative estimate of drug-likeness (QED) is 0.678. The Morgan fingerprint density at radius 2 is 1.93 bits per heavy atom. The average molecular weight is 197 g/mol. The van der Waals surface area contributed by atoms with Crippen molar-refractivity contribution >= 4 is 5.91 Å². The van der Waals surface area contributed by atoms with Crippen molar-refractivity contribution in [3.05, 3.63) is 7.05 Å². The van der Waals surface area contributed by atoms with Gasteiger partial charge in [-0.25, -0.2) is 0 Å². The number of rotatable bonds is 5. The normalized spacial score (nSPS) is 18.1. The van der Waals surface area contributed by atoms with E-state index in [4.69, 9.17) is 0 Å². The standard InChI is InChI=1S/C11H21N2O/c1-12-11(14)7-3-6-10-13-8-4-2-5-9-13/h1-10H2,(H,12,14). The van der Waals surface area contributed by atoms with E-state index >= 15 is 0 Å². The van der Waals surface area contributed by atoms with Gasteiger partial charge in [-0.2, -0.15) is 0 Å². The van der Waals surface area contributed by atoms with E-state index in [2.05, 4.69) is 17.3 Å². The summed E-state index contributed by atoms with van der Waals surface area (Å²) in [5, 5.41) is 2.40. The van der Waals surface area contributed by atoms with E-state index < -0.39 is 0 Å². The molecule has 1 N–H and O–H groups in total. The van der Waals surface area contributed by atoms with Gasteiger partial charge in [-0.15, -0.1) is 0 Å². The molecule has 0 aromatic carbocycles. The third-order valence-electron chi connectivity index (χ3n) is 2.77. The van der Waals surface area contributed by atoms with Crippen molar-refractivity contribution in [2.24, 2.45) is 0 Å². The molecule has 0 saturated carbocycles. The molecular formula is C11H21N2O. The fourth-order valence-corrected chi connectivity index (χ4v) is 1.89. The molecule has 3 heteroatoms. The van der Waals surface area contributed by atoms with Gasteiger partial charge in [0.2, 0.25) is 5.91 Å². The number of piperidine rings is 1. The van der Waals surface area contributed by atoms with Gasteiger partial charge in [0.15, 0.2) is 0 Å². The van der Waals surface area contributed by atoms with E-state index in [1.165, 1.54) is 32.4 Å². The van der Waals surface area contributed by atoms with Crippen molar-refractivity contribution in [1.29, 1.82) is 0 Å². The predicted molar refractivity (Wildman–Crippen MR) is 57.6 cm³/mol. The molecule has 3 nitrogen and oxygen atoms in total. The van der Waals surface area contributed by atoms with Gasteiger partial charge in [0, 0.05) is 13.5 Å². The topological polar surface area (TPSA) is 32.3 Å². The van der Waals surface area contributed by atoms with Gasteiger partial charge in [-0.3, -0.25) is 4.79 Å². The van der Waals surface area contributed by atoms with Crippen LogP contribution in [-0.2, 0) is 4.79 Å². The number of nitrogens with one attached hydrogen (secondary N) is 1. The van der Waals surface area contributed by atoms with Crippen molar-refractivity contribution in [2.45, 2.75) is 38.5 Å². The van der Waals surface area contributed by atoms with E-state index in [0.717, 1.165) is 19.4 Å². The molecule has 1 radical (unpaired) electrons. The molecule has 0 spiro atoms. The van der Waals surface area contributed by atoms with Crippen LogP contribution in [0.1, 0.15) is 38.5 Å². The van der Waals surface area contributed by atoms with Gasteiger partial charge in [-0.1, -0.05) is 6.42 Å². The van der Waals surface area contributed by atoms with Gasteiger partial charge in [0.05, 0.1) is 0 Å². The number of likely N-dealkylation sites (tertiary alicyclic amines) is 1. The molecule has 1 heterocycles. The maximum absolute atomic E-state index is 10.9. The van der Waals surface area contributed by atoms with Crippen molar-refractivity contribution in [3.8, 4) is 0 Å². The van der Waals surface area contributed by atoms with Crippen LogP contribution in [0.15, 0.2) is 0 Å². The van der Waals surface area contributed by atoms with Crippen molar-refractivity contribution in [1.82, 2.24) is 10.2 Å². The summed E-state index contributed by atoms with van der Waals surface area (Å²) in [5.74, 6) is 0.0589. The lowest BCUT2D eigenvalue weighted by atomic mass is 10.1. The lowest BCUT2D eigenvalue weighted by molar-refractivity contribution is -0.120. The highest BCUT2D eigenvalue weighted by Crippen LogP contribution is 2.09. The zero-order valence-corrected chi connectivity index (χ0v) is 8.93. The second kappa shape index (κ2) is 6.82. The van der Waals surface area contributed by atoms with Gasteiger partial charge in [0.25, 0.3) is 0 Å². The first kappa shape index (κ1) is 11.5. The lowest BCUT2D eigenvalue weighted by Crippen LogP contribution is -2.30. The molecule has 1 aliphatic heterocycles. The summed E-state index contributed by atoms with van der Waals surface area (Å²) in [4.78, 5) is 13.4. The molecule has 0 aliphatic carbocycles. The molecule has 1 aliphatic rings. The van der Waals surface area contributed by atoms with Crippen molar-refractivity contribution in [3.63, 3.8) is 0 Å². The Bertz CT molecular complexity index is 165. The molecule has 1 saturated heterocycles.